The third-order valence-corrected chi connectivity index (χ3v) is 6.49. The van der Waals surface area contributed by atoms with E-state index in [-0.39, 0.29) is 5.56 Å². The van der Waals surface area contributed by atoms with Crippen molar-refractivity contribution in [3.8, 4) is 23.5 Å². The Balaban J connectivity index is 0.000000398. The second-order valence-electron chi connectivity index (χ2n) is 7.64. The Morgan fingerprint density at radius 2 is 1.74 bits per heavy atom. The average molecular weight is 484 g/mol. The fraction of sp³-hybridized carbons (Fsp3) is 0.0714. The smallest absolute Gasteiger partial charge is 0.251 e. The summed E-state index contributed by atoms with van der Waals surface area (Å²) in [4.78, 5) is 18.5. The molecule has 0 aliphatic carbocycles. The molecule has 0 amide bonds. The second kappa shape index (κ2) is 10.5. The summed E-state index contributed by atoms with van der Waals surface area (Å²) in [6, 6.07) is 23.3. The number of nitrogens with zero attached hydrogens (tertiary/aromatic N) is 3. The predicted molar refractivity (Wildman–Crippen MR) is 141 cm³/mol. The van der Waals surface area contributed by atoms with Crippen molar-refractivity contribution in [2.75, 3.05) is 0 Å². The van der Waals surface area contributed by atoms with Crippen LogP contribution in [0, 0.1) is 12.3 Å². The van der Waals surface area contributed by atoms with E-state index in [1.165, 1.54) is 0 Å². The molecule has 0 saturated heterocycles. The van der Waals surface area contributed by atoms with Gasteiger partial charge in [-0.2, -0.15) is 0 Å². The number of imidazole rings is 1. The molecular weight excluding hydrogens is 462 g/mol. The Bertz CT molecular complexity index is 1530. The van der Waals surface area contributed by atoms with Gasteiger partial charge in [0, 0.05) is 58.3 Å². The summed E-state index contributed by atoms with van der Waals surface area (Å²) in [5.41, 5.74) is 3.44. The molecule has 168 valence electrons. The van der Waals surface area contributed by atoms with Crippen LogP contribution in [0.1, 0.15) is 5.56 Å². The van der Waals surface area contributed by atoms with E-state index < -0.39 is 0 Å². The van der Waals surface area contributed by atoms with E-state index in [2.05, 4.69) is 17.0 Å². The molecular formula is C28H22ClN3OS. The van der Waals surface area contributed by atoms with E-state index in [9.17, 15) is 4.79 Å². The number of benzene rings is 3. The van der Waals surface area contributed by atoms with Crippen LogP contribution in [0.4, 0.5) is 0 Å². The van der Waals surface area contributed by atoms with Gasteiger partial charge >= 0.3 is 0 Å². The van der Waals surface area contributed by atoms with E-state index in [1.807, 2.05) is 78.5 Å². The zero-order valence-electron chi connectivity index (χ0n) is 18.8. The number of halogens is 1. The van der Waals surface area contributed by atoms with Crippen molar-refractivity contribution >= 4 is 34.3 Å². The van der Waals surface area contributed by atoms with Crippen LogP contribution in [-0.2, 0) is 14.1 Å². The third kappa shape index (κ3) is 5.43. The molecule has 2 heterocycles. The van der Waals surface area contributed by atoms with Gasteiger partial charge in [0.05, 0.1) is 11.8 Å². The molecule has 5 rings (SSSR count). The Labute approximate surface area is 207 Å². The lowest BCUT2D eigenvalue weighted by Gasteiger charge is -2.12. The third-order valence-electron chi connectivity index (χ3n) is 5.24. The van der Waals surface area contributed by atoms with Crippen LogP contribution >= 0.6 is 23.4 Å². The van der Waals surface area contributed by atoms with Crippen LogP contribution in [0.25, 0.3) is 22.0 Å². The lowest BCUT2D eigenvalue weighted by molar-refractivity contribution is 0.906. The first kappa shape index (κ1) is 23.4. The SMILES string of the molecule is C#Cc1cccc(-c2cc(=O)n(C)c3ccc(Sc4ccc(Cl)cc4)cc23)c1.Cn1ccnc1. The zero-order chi connectivity index (χ0) is 24.1. The minimum absolute atomic E-state index is 0.0493. The maximum atomic E-state index is 12.5. The van der Waals surface area contributed by atoms with Gasteiger partial charge in [0.25, 0.3) is 5.56 Å². The van der Waals surface area contributed by atoms with Crippen molar-refractivity contribution in [2.24, 2.45) is 14.1 Å². The van der Waals surface area contributed by atoms with Crippen molar-refractivity contribution in [3.05, 3.63) is 112 Å². The molecule has 4 nitrogen and oxygen atoms in total. The van der Waals surface area contributed by atoms with E-state index in [4.69, 9.17) is 18.0 Å². The Morgan fingerprint density at radius 1 is 0.971 bits per heavy atom. The van der Waals surface area contributed by atoms with Crippen LogP contribution < -0.4 is 5.56 Å². The maximum Gasteiger partial charge on any atom is 0.251 e. The highest BCUT2D eigenvalue weighted by Crippen LogP contribution is 2.34. The van der Waals surface area contributed by atoms with Gasteiger partial charge in [-0.3, -0.25) is 4.79 Å². The van der Waals surface area contributed by atoms with Crippen LogP contribution in [0.2, 0.25) is 5.02 Å². The van der Waals surface area contributed by atoms with E-state index in [0.29, 0.717) is 5.02 Å². The van der Waals surface area contributed by atoms with Gasteiger partial charge in [-0.15, -0.1) is 6.42 Å². The maximum absolute atomic E-state index is 12.5. The summed E-state index contributed by atoms with van der Waals surface area (Å²) in [5, 5.41) is 1.73. The zero-order valence-corrected chi connectivity index (χ0v) is 20.3. The standard InChI is InChI=1S/C24H16ClNOS.C4H6N2/c1-3-16-5-4-6-17(13-16)21-15-24(27)26(2)23-12-11-20(14-22(21)23)28-19-9-7-18(25)8-10-19;1-6-3-2-5-4-6/h1,4-15H,2H3;2-4H,1H3. The van der Waals surface area contributed by atoms with E-state index in [1.54, 1.807) is 42.0 Å². The summed E-state index contributed by atoms with van der Waals surface area (Å²) >= 11 is 7.64. The van der Waals surface area contributed by atoms with Crippen molar-refractivity contribution in [2.45, 2.75) is 9.79 Å². The lowest BCUT2D eigenvalue weighted by Crippen LogP contribution is -2.16. The number of pyridine rings is 1. The van der Waals surface area contributed by atoms with Crippen molar-refractivity contribution in [3.63, 3.8) is 0 Å². The van der Waals surface area contributed by atoms with Gasteiger partial charge in [-0.25, -0.2) is 4.98 Å². The summed E-state index contributed by atoms with van der Waals surface area (Å²) in [6.07, 6.45) is 10.9. The number of fused-ring (bicyclic) bond motifs is 1. The number of aromatic nitrogens is 3. The van der Waals surface area contributed by atoms with Gasteiger partial charge in [0.15, 0.2) is 0 Å². The van der Waals surface area contributed by atoms with Crippen molar-refractivity contribution < 1.29 is 0 Å². The first-order valence-electron chi connectivity index (χ1n) is 10.5. The van der Waals surface area contributed by atoms with E-state index >= 15 is 0 Å². The molecule has 0 atom stereocenters. The van der Waals surface area contributed by atoms with Crippen LogP contribution in [0.3, 0.4) is 0 Å². The molecule has 0 saturated carbocycles. The Kier molecular flexibility index (Phi) is 7.22. The summed E-state index contributed by atoms with van der Waals surface area (Å²) in [6.45, 7) is 0. The van der Waals surface area contributed by atoms with Crippen LogP contribution in [0.15, 0.2) is 106 Å². The number of aryl methyl sites for hydroxylation is 2. The number of terminal acetylenes is 1. The molecule has 0 N–H and O–H groups in total. The summed E-state index contributed by atoms with van der Waals surface area (Å²) in [7, 11) is 3.73. The highest BCUT2D eigenvalue weighted by molar-refractivity contribution is 7.99. The summed E-state index contributed by atoms with van der Waals surface area (Å²) in [5.74, 6) is 2.66. The fourth-order valence-electron chi connectivity index (χ4n) is 3.48. The molecule has 0 unspecified atom stereocenters. The molecule has 0 aliphatic rings. The highest BCUT2D eigenvalue weighted by Gasteiger charge is 2.11. The molecule has 0 aliphatic heterocycles. The molecule has 0 spiro atoms. The lowest BCUT2D eigenvalue weighted by atomic mass is 9.99. The quantitative estimate of drug-likeness (QED) is 0.278. The number of hydrogen-bond donors (Lipinski definition) is 0. The molecule has 34 heavy (non-hydrogen) atoms. The van der Waals surface area contributed by atoms with Crippen molar-refractivity contribution in [1.29, 1.82) is 0 Å². The fourth-order valence-corrected chi connectivity index (χ4v) is 4.47. The minimum Gasteiger partial charge on any atom is -0.341 e. The minimum atomic E-state index is -0.0493. The molecule has 3 aromatic carbocycles. The predicted octanol–water partition coefficient (Wildman–Crippen LogP) is 6.41. The second-order valence-corrected chi connectivity index (χ2v) is 9.23. The largest absolute Gasteiger partial charge is 0.341 e. The average Bonchev–Trinajstić information content (AvgIpc) is 3.34. The molecule has 0 bridgehead atoms. The van der Waals surface area contributed by atoms with Gasteiger partial charge in [0.1, 0.15) is 0 Å². The normalized spacial score (nSPS) is 10.4. The van der Waals surface area contributed by atoms with Gasteiger partial charge < -0.3 is 9.13 Å². The highest BCUT2D eigenvalue weighted by atomic mass is 35.5. The van der Waals surface area contributed by atoms with E-state index in [0.717, 1.165) is 37.4 Å². The molecule has 6 heteroatoms. The van der Waals surface area contributed by atoms with Crippen LogP contribution in [-0.4, -0.2) is 14.1 Å². The Morgan fingerprint density at radius 3 is 2.38 bits per heavy atom. The topological polar surface area (TPSA) is 39.8 Å². The molecule has 0 radical (unpaired) electrons. The van der Waals surface area contributed by atoms with Gasteiger partial charge in [-0.1, -0.05) is 41.4 Å². The van der Waals surface area contributed by atoms with Gasteiger partial charge in [-0.05, 0) is 65.7 Å². The summed E-state index contributed by atoms with van der Waals surface area (Å²) < 4.78 is 3.56. The first-order valence-corrected chi connectivity index (χ1v) is 11.7. The molecule has 2 aromatic heterocycles. The van der Waals surface area contributed by atoms with Crippen molar-refractivity contribution in [1.82, 2.24) is 14.1 Å². The van der Waals surface area contributed by atoms with Gasteiger partial charge in [0.2, 0.25) is 0 Å². The monoisotopic (exact) mass is 483 g/mol. The van der Waals surface area contributed by atoms with Crippen LogP contribution in [0.5, 0.6) is 0 Å². The number of rotatable bonds is 3. The first-order chi connectivity index (χ1) is 16.4. The number of hydrogen-bond acceptors (Lipinski definition) is 3. The molecule has 5 aromatic rings. The molecule has 0 fully saturated rings. The Hall–Kier alpha value is -3.72.